The molecule has 0 aromatic heterocycles. The van der Waals surface area contributed by atoms with Gasteiger partial charge < -0.3 is 0 Å². The van der Waals surface area contributed by atoms with Crippen LogP contribution in [0.4, 0.5) is 11.4 Å². The third-order valence-electron chi connectivity index (χ3n) is 2.81. The van der Waals surface area contributed by atoms with Crippen molar-refractivity contribution < 1.29 is 9.72 Å². The van der Waals surface area contributed by atoms with Gasteiger partial charge in [0.1, 0.15) is 6.34 Å². The first kappa shape index (κ1) is 14.9. The fourth-order valence-electron chi connectivity index (χ4n) is 1.77. The number of nitrogens with zero attached hydrogens (tertiary/aromatic N) is 4. The number of benzene rings is 2. The Morgan fingerprint density at radius 3 is 2.36 bits per heavy atom. The molecule has 7 nitrogen and oxygen atoms in total. The molecule has 0 bridgehead atoms. The van der Waals surface area contributed by atoms with Gasteiger partial charge in [0.05, 0.1) is 10.6 Å². The summed E-state index contributed by atoms with van der Waals surface area (Å²) in [5.74, 6) is -0.395. The maximum Gasteiger partial charge on any atom is 0.269 e. The number of carbonyl (C=O) groups is 1. The first-order valence-corrected chi connectivity index (χ1v) is 6.19. The topological polar surface area (TPSA) is 99.6 Å². The molecule has 108 valence electrons. The highest BCUT2D eigenvalue weighted by atomic mass is 16.6. The van der Waals surface area contributed by atoms with E-state index >= 15 is 0 Å². The van der Waals surface area contributed by atoms with Crippen LogP contribution in [0.1, 0.15) is 10.4 Å². The summed E-state index contributed by atoms with van der Waals surface area (Å²) in [7, 11) is 0. The third-order valence-corrected chi connectivity index (χ3v) is 2.81. The first-order valence-electron chi connectivity index (χ1n) is 6.19. The van der Waals surface area contributed by atoms with Gasteiger partial charge >= 0.3 is 0 Å². The van der Waals surface area contributed by atoms with E-state index in [1.807, 2.05) is 0 Å². The lowest BCUT2D eigenvalue weighted by Gasteiger charge is -2.17. The minimum absolute atomic E-state index is 0.0897. The van der Waals surface area contributed by atoms with Gasteiger partial charge in [-0.2, -0.15) is 10.3 Å². The van der Waals surface area contributed by atoms with Gasteiger partial charge in [-0.15, -0.1) is 0 Å². The summed E-state index contributed by atoms with van der Waals surface area (Å²) in [5.41, 5.74) is 0.691. The molecule has 1 amide bonds. The van der Waals surface area contributed by atoms with Gasteiger partial charge in [-0.25, -0.2) is 0 Å². The molecule has 2 aromatic rings. The Bertz CT molecular complexity index is 749. The largest absolute Gasteiger partial charge is 0.269 e. The molecule has 0 spiro atoms. The van der Waals surface area contributed by atoms with E-state index in [4.69, 9.17) is 5.26 Å². The van der Waals surface area contributed by atoms with Crippen LogP contribution in [-0.2, 0) is 0 Å². The maximum absolute atomic E-state index is 12.5. The van der Waals surface area contributed by atoms with E-state index in [1.54, 1.807) is 36.5 Å². The summed E-state index contributed by atoms with van der Waals surface area (Å²) in [6, 6.07) is 13.8. The Hall–Kier alpha value is -3.53. The zero-order valence-corrected chi connectivity index (χ0v) is 11.3. The predicted octanol–water partition coefficient (Wildman–Crippen LogP) is 2.75. The van der Waals surface area contributed by atoms with Crippen LogP contribution in [0.2, 0.25) is 0 Å². The van der Waals surface area contributed by atoms with Crippen LogP contribution in [0.25, 0.3) is 0 Å². The summed E-state index contributed by atoms with van der Waals surface area (Å²) in [5, 5.41) is 19.2. The molecule has 0 aliphatic heterocycles. The van der Waals surface area contributed by atoms with Crippen LogP contribution in [-0.4, -0.2) is 17.2 Å². The number of carbonyl (C=O) groups excluding carboxylic acids is 1. The van der Waals surface area contributed by atoms with Gasteiger partial charge in [-0.3, -0.25) is 19.8 Å². The first-order chi connectivity index (χ1) is 10.6. The molecule has 0 N–H and O–H groups in total. The SMILES string of the molecule is N#CN=CN(C(=O)c1ccccc1)c1ccc([N+](=O)[O-])cc1. The lowest BCUT2D eigenvalue weighted by Crippen LogP contribution is -2.29. The van der Waals surface area contributed by atoms with Crippen molar-refractivity contribution in [1.29, 1.82) is 5.26 Å². The molecule has 0 saturated carbocycles. The number of nitro groups is 1. The number of aliphatic imine (C=N–C) groups is 1. The summed E-state index contributed by atoms with van der Waals surface area (Å²) >= 11 is 0. The van der Waals surface area contributed by atoms with Gasteiger partial charge in [-0.1, -0.05) is 18.2 Å². The zero-order valence-electron chi connectivity index (χ0n) is 11.3. The fraction of sp³-hybridized carbons (Fsp3) is 0. The number of hydrogen-bond acceptors (Lipinski definition) is 5. The van der Waals surface area contributed by atoms with Crippen LogP contribution in [0.15, 0.2) is 59.6 Å². The molecule has 0 saturated heterocycles. The zero-order chi connectivity index (χ0) is 15.9. The van der Waals surface area contributed by atoms with Crippen molar-refractivity contribution in [2.45, 2.75) is 0 Å². The smallest absolute Gasteiger partial charge is 0.268 e. The van der Waals surface area contributed by atoms with E-state index in [2.05, 4.69) is 4.99 Å². The van der Waals surface area contributed by atoms with Gasteiger partial charge in [0.15, 0.2) is 0 Å². The molecule has 0 unspecified atom stereocenters. The average Bonchev–Trinajstić information content (AvgIpc) is 2.56. The molecule has 0 aliphatic carbocycles. The van der Waals surface area contributed by atoms with Gasteiger partial charge in [0, 0.05) is 17.7 Å². The Morgan fingerprint density at radius 1 is 1.18 bits per heavy atom. The summed E-state index contributed by atoms with van der Waals surface area (Å²) < 4.78 is 0. The summed E-state index contributed by atoms with van der Waals surface area (Å²) in [6.07, 6.45) is 2.65. The fourth-order valence-corrected chi connectivity index (χ4v) is 1.77. The standard InChI is InChI=1S/C15H10N4O3/c16-10-17-11-18(15(20)12-4-2-1-3-5-12)13-6-8-14(9-7-13)19(21)22/h1-9,11H. The van der Waals surface area contributed by atoms with Crippen molar-refractivity contribution >= 4 is 23.6 Å². The quantitative estimate of drug-likeness (QED) is 0.284. The number of non-ortho nitro benzene ring substituents is 1. The van der Waals surface area contributed by atoms with E-state index in [-0.39, 0.29) is 5.69 Å². The molecule has 0 atom stereocenters. The molecule has 0 radical (unpaired) electrons. The van der Waals surface area contributed by atoms with E-state index in [1.165, 1.54) is 24.3 Å². The van der Waals surface area contributed by atoms with Crippen molar-refractivity contribution in [3.8, 4) is 6.19 Å². The van der Waals surface area contributed by atoms with Crippen LogP contribution in [0.3, 0.4) is 0 Å². The highest BCUT2D eigenvalue weighted by molar-refractivity contribution is 6.16. The van der Waals surface area contributed by atoms with Crippen molar-refractivity contribution in [3.05, 3.63) is 70.3 Å². The van der Waals surface area contributed by atoms with E-state index in [0.717, 1.165) is 11.2 Å². The normalized spacial score (nSPS) is 10.1. The lowest BCUT2D eigenvalue weighted by atomic mass is 10.2. The summed E-state index contributed by atoms with van der Waals surface area (Å²) in [4.78, 5) is 27.2. The number of nitro benzene ring substituents is 1. The Labute approximate surface area is 125 Å². The van der Waals surface area contributed by atoms with Crippen LogP contribution >= 0.6 is 0 Å². The highest BCUT2D eigenvalue weighted by Crippen LogP contribution is 2.20. The third kappa shape index (κ3) is 3.32. The Balaban J connectivity index is 2.38. The number of rotatable bonds is 4. The molecule has 0 fully saturated rings. The Kier molecular flexibility index (Phi) is 4.57. The lowest BCUT2D eigenvalue weighted by molar-refractivity contribution is -0.384. The molecular weight excluding hydrogens is 284 g/mol. The second-order valence-electron chi connectivity index (χ2n) is 4.16. The number of nitriles is 1. The Morgan fingerprint density at radius 2 is 1.82 bits per heavy atom. The van der Waals surface area contributed by atoms with Crippen molar-refractivity contribution in [1.82, 2.24) is 0 Å². The second-order valence-corrected chi connectivity index (χ2v) is 4.16. The van der Waals surface area contributed by atoms with Crippen molar-refractivity contribution in [3.63, 3.8) is 0 Å². The molecule has 22 heavy (non-hydrogen) atoms. The minimum Gasteiger partial charge on any atom is -0.268 e. The minimum atomic E-state index is -0.531. The van der Waals surface area contributed by atoms with E-state index in [9.17, 15) is 14.9 Å². The summed E-state index contributed by atoms with van der Waals surface area (Å²) in [6.45, 7) is 0. The molecule has 0 aliphatic rings. The number of amides is 1. The predicted molar refractivity (Wildman–Crippen MR) is 80.5 cm³/mol. The van der Waals surface area contributed by atoms with Crippen LogP contribution < -0.4 is 4.90 Å². The van der Waals surface area contributed by atoms with Crippen LogP contribution in [0, 0.1) is 21.6 Å². The molecule has 7 heteroatoms. The van der Waals surface area contributed by atoms with Gasteiger partial charge in [0.25, 0.3) is 11.6 Å². The van der Waals surface area contributed by atoms with E-state index < -0.39 is 10.8 Å². The second kappa shape index (κ2) is 6.76. The van der Waals surface area contributed by atoms with E-state index in [0.29, 0.717) is 11.3 Å². The van der Waals surface area contributed by atoms with Gasteiger partial charge in [-0.05, 0) is 24.3 Å². The highest BCUT2D eigenvalue weighted by Gasteiger charge is 2.17. The number of anilines is 1. The van der Waals surface area contributed by atoms with Crippen LogP contribution in [0.5, 0.6) is 0 Å². The molecule has 0 heterocycles. The molecular formula is C15H10N4O3. The number of hydrogen-bond donors (Lipinski definition) is 0. The van der Waals surface area contributed by atoms with Gasteiger partial charge in [0.2, 0.25) is 6.19 Å². The maximum atomic E-state index is 12.5. The average molecular weight is 294 g/mol. The van der Waals surface area contributed by atoms with Crippen molar-refractivity contribution in [2.24, 2.45) is 4.99 Å². The van der Waals surface area contributed by atoms with Crippen molar-refractivity contribution in [2.75, 3.05) is 4.90 Å². The molecule has 2 aromatic carbocycles. The molecule has 2 rings (SSSR count). The monoisotopic (exact) mass is 294 g/mol.